The van der Waals surface area contributed by atoms with E-state index < -0.39 is 0 Å². The van der Waals surface area contributed by atoms with E-state index in [2.05, 4.69) is 5.32 Å². The summed E-state index contributed by atoms with van der Waals surface area (Å²) < 4.78 is 18.3. The molecule has 0 spiro atoms. The topological polar surface area (TPSA) is 61.9 Å². The lowest BCUT2D eigenvalue weighted by atomic mass is 10.3. The van der Waals surface area contributed by atoms with Crippen LogP contribution in [0.25, 0.3) is 0 Å². The predicted octanol–water partition coefficient (Wildman–Crippen LogP) is 2.04. The lowest BCUT2D eigenvalue weighted by Gasteiger charge is -2.34. The highest BCUT2D eigenvalue weighted by Gasteiger charge is 2.22. The van der Waals surface area contributed by atoms with Crippen LogP contribution in [-0.4, -0.2) is 60.9 Å². The summed E-state index contributed by atoms with van der Waals surface area (Å²) in [6.07, 6.45) is 0. The Labute approximate surface area is 167 Å². The summed E-state index contributed by atoms with van der Waals surface area (Å²) >= 11 is 1.64. The number of halogens is 1. The van der Waals surface area contributed by atoms with Crippen LogP contribution in [0, 0.1) is 12.7 Å². The van der Waals surface area contributed by atoms with Crippen molar-refractivity contribution in [2.45, 2.75) is 13.5 Å². The molecule has 0 bridgehead atoms. The van der Waals surface area contributed by atoms with Gasteiger partial charge in [-0.05, 0) is 48.2 Å². The second-order valence-corrected chi connectivity index (χ2v) is 7.70. The zero-order valence-corrected chi connectivity index (χ0v) is 16.6. The molecule has 2 heterocycles. The van der Waals surface area contributed by atoms with Gasteiger partial charge in [-0.25, -0.2) is 4.39 Å². The number of hydrogen-bond donors (Lipinski definition) is 1. The summed E-state index contributed by atoms with van der Waals surface area (Å²) in [6.45, 7) is 5.26. The van der Waals surface area contributed by atoms with E-state index in [4.69, 9.17) is 4.74 Å². The largest absolute Gasteiger partial charge is 0.484 e. The number of piperazine rings is 1. The van der Waals surface area contributed by atoms with Gasteiger partial charge in [0, 0.05) is 31.1 Å². The van der Waals surface area contributed by atoms with E-state index in [9.17, 15) is 14.0 Å². The Hall–Kier alpha value is -2.45. The molecule has 0 unspecified atom stereocenters. The number of thiophene rings is 1. The number of amides is 2. The second-order valence-electron chi connectivity index (χ2n) is 6.70. The van der Waals surface area contributed by atoms with E-state index in [0.29, 0.717) is 45.0 Å². The van der Waals surface area contributed by atoms with Gasteiger partial charge in [-0.1, -0.05) is 0 Å². The number of rotatable bonds is 7. The molecule has 0 aliphatic carbocycles. The fraction of sp³-hybridized carbons (Fsp3) is 0.400. The number of aryl methyl sites for hydroxylation is 1. The molecular formula is C20H24FN3O3S. The number of nitrogens with one attached hydrogen (secondary N) is 1. The standard InChI is InChI=1S/C20H24FN3O3S/c1-15-6-11-28-18(15)12-22-19(25)13-23-7-9-24(10-8-23)20(26)14-27-17-4-2-16(21)3-5-17/h2-6,11H,7-10,12-14H2,1H3,(H,22,25). The van der Waals surface area contributed by atoms with Crippen molar-refractivity contribution in [2.75, 3.05) is 39.3 Å². The first-order chi connectivity index (χ1) is 13.5. The lowest BCUT2D eigenvalue weighted by Crippen LogP contribution is -2.52. The van der Waals surface area contributed by atoms with E-state index >= 15 is 0 Å². The van der Waals surface area contributed by atoms with Crippen LogP contribution in [0.5, 0.6) is 5.75 Å². The van der Waals surface area contributed by atoms with Crippen LogP contribution in [0.15, 0.2) is 35.7 Å². The molecule has 1 fully saturated rings. The average molecular weight is 405 g/mol. The molecule has 2 amide bonds. The Balaban J connectivity index is 1.35. The molecule has 1 saturated heterocycles. The molecule has 28 heavy (non-hydrogen) atoms. The fourth-order valence-electron chi connectivity index (χ4n) is 2.95. The van der Waals surface area contributed by atoms with Crippen molar-refractivity contribution in [1.82, 2.24) is 15.1 Å². The SMILES string of the molecule is Cc1ccsc1CNC(=O)CN1CCN(C(=O)COc2ccc(F)cc2)CC1. The summed E-state index contributed by atoms with van der Waals surface area (Å²) in [5.74, 6) is 0.00390. The number of hydrogen-bond acceptors (Lipinski definition) is 5. The zero-order chi connectivity index (χ0) is 19.9. The molecule has 6 nitrogen and oxygen atoms in total. The Kier molecular flexibility index (Phi) is 7.00. The highest BCUT2D eigenvalue weighted by Crippen LogP contribution is 2.15. The molecule has 2 aromatic rings. The van der Waals surface area contributed by atoms with Gasteiger partial charge in [0.15, 0.2) is 6.61 Å². The van der Waals surface area contributed by atoms with Crippen molar-refractivity contribution >= 4 is 23.2 Å². The molecule has 8 heteroatoms. The van der Waals surface area contributed by atoms with Crippen LogP contribution < -0.4 is 10.1 Å². The quantitative estimate of drug-likeness (QED) is 0.766. The van der Waals surface area contributed by atoms with Gasteiger partial charge in [0.05, 0.1) is 13.1 Å². The fourth-order valence-corrected chi connectivity index (χ4v) is 3.79. The Bertz CT molecular complexity index is 801. The molecule has 1 aromatic carbocycles. The molecule has 3 rings (SSSR count). The lowest BCUT2D eigenvalue weighted by molar-refractivity contribution is -0.135. The smallest absolute Gasteiger partial charge is 0.260 e. The molecule has 0 radical (unpaired) electrons. The highest BCUT2D eigenvalue weighted by atomic mass is 32.1. The third kappa shape index (κ3) is 5.77. The second kappa shape index (κ2) is 9.66. The van der Waals surface area contributed by atoms with Crippen LogP contribution >= 0.6 is 11.3 Å². The average Bonchev–Trinajstić information content (AvgIpc) is 3.11. The molecule has 0 saturated carbocycles. The summed E-state index contributed by atoms with van der Waals surface area (Å²) in [6, 6.07) is 7.63. The van der Waals surface area contributed by atoms with Gasteiger partial charge in [-0.2, -0.15) is 0 Å². The Morgan fingerprint density at radius 1 is 1.14 bits per heavy atom. The molecule has 150 valence electrons. The number of nitrogens with zero attached hydrogens (tertiary/aromatic N) is 2. The summed E-state index contributed by atoms with van der Waals surface area (Å²) in [5, 5.41) is 4.97. The van der Waals surface area contributed by atoms with Crippen molar-refractivity contribution in [2.24, 2.45) is 0 Å². The van der Waals surface area contributed by atoms with Gasteiger partial charge in [-0.3, -0.25) is 14.5 Å². The van der Waals surface area contributed by atoms with Gasteiger partial charge >= 0.3 is 0 Å². The van der Waals surface area contributed by atoms with Crippen molar-refractivity contribution in [3.63, 3.8) is 0 Å². The first-order valence-corrected chi connectivity index (χ1v) is 10.1. The molecule has 1 aromatic heterocycles. The van der Waals surface area contributed by atoms with Crippen LogP contribution in [0.4, 0.5) is 4.39 Å². The van der Waals surface area contributed by atoms with Crippen molar-refractivity contribution in [1.29, 1.82) is 0 Å². The van der Waals surface area contributed by atoms with E-state index in [0.717, 1.165) is 0 Å². The van der Waals surface area contributed by atoms with E-state index in [1.165, 1.54) is 34.7 Å². The third-order valence-electron chi connectivity index (χ3n) is 4.68. The minimum absolute atomic E-state index is 0.00720. The minimum Gasteiger partial charge on any atom is -0.484 e. The van der Waals surface area contributed by atoms with Gasteiger partial charge in [0.1, 0.15) is 11.6 Å². The van der Waals surface area contributed by atoms with Crippen LogP contribution in [-0.2, 0) is 16.1 Å². The summed E-state index contributed by atoms with van der Waals surface area (Å²) in [4.78, 5) is 29.3. The van der Waals surface area contributed by atoms with Gasteiger partial charge in [-0.15, -0.1) is 11.3 Å². The van der Waals surface area contributed by atoms with Crippen LogP contribution in [0.2, 0.25) is 0 Å². The van der Waals surface area contributed by atoms with Crippen LogP contribution in [0.1, 0.15) is 10.4 Å². The first-order valence-electron chi connectivity index (χ1n) is 9.19. The van der Waals surface area contributed by atoms with Gasteiger partial charge in [0.25, 0.3) is 5.91 Å². The Morgan fingerprint density at radius 3 is 2.50 bits per heavy atom. The molecule has 1 aliphatic heterocycles. The predicted molar refractivity (Wildman–Crippen MR) is 106 cm³/mol. The number of carbonyl (C=O) groups is 2. The summed E-state index contributed by atoms with van der Waals surface area (Å²) in [5.41, 5.74) is 1.19. The number of carbonyl (C=O) groups excluding carboxylic acids is 2. The first kappa shape index (κ1) is 20.3. The summed E-state index contributed by atoms with van der Waals surface area (Å²) in [7, 11) is 0. The van der Waals surface area contributed by atoms with Crippen LogP contribution in [0.3, 0.4) is 0 Å². The van der Waals surface area contributed by atoms with E-state index in [1.54, 1.807) is 16.2 Å². The molecule has 0 atom stereocenters. The van der Waals surface area contributed by atoms with Crippen molar-refractivity contribution in [3.8, 4) is 5.75 Å². The normalized spacial score (nSPS) is 14.7. The molecule has 1 aliphatic rings. The maximum absolute atomic E-state index is 12.9. The van der Waals surface area contributed by atoms with Gasteiger partial charge in [0.2, 0.25) is 5.91 Å². The minimum atomic E-state index is -0.343. The third-order valence-corrected chi connectivity index (χ3v) is 5.71. The molecular weight excluding hydrogens is 381 g/mol. The van der Waals surface area contributed by atoms with Crippen molar-refractivity contribution in [3.05, 3.63) is 52.0 Å². The Morgan fingerprint density at radius 2 is 1.86 bits per heavy atom. The van der Waals surface area contributed by atoms with Gasteiger partial charge < -0.3 is 15.0 Å². The molecule has 1 N–H and O–H groups in total. The monoisotopic (exact) mass is 405 g/mol. The zero-order valence-electron chi connectivity index (χ0n) is 15.8. The number of benzene rings is 1. The highest BCUT2D eigenvalue weighted by molar-refractivity contribution is 7.10. The van der Waals surface area contributed by atoms with E-state index in [-0.39, 0.29) is 24.2 Å². The van der Waals surface area contributed by atoms with Crippen molar-refractivity contribution < 1.29 is 18.7 Å². The number of ether oxygens (including phenoxy) is 1. The van der Waals surface area contributed by atoms with E-state index in [1.807, 2.05) is 23.3 Å². The maximum atomic E-state index is 12.9. The maximum Gasteiger partial charge on any atom is 0.260 e.